The van der Waals surface area contributed by atoms with Crippen molar-refractivity contribution in [1.82, 2.24) is 14.9 Å². The molecule has 0 saturated heterocycles. The number of ether oxygens (including phenoxy) is 1. The summed E-state index contributed by atoms with van der Waals surface area (Å²) in [7, 11) is 0. The molecule has 2 rings (SSSR count). The lowest BCUT2D eigenvalue weighted by molar-refractivity contribution is -0.113. The van der Waals surface area contributed by atoms with Crippen molar-refractivity contribution in [1.29, 1.82) is 0 Å². The predicted octanol–water partition coefficient (Wildman–Crippen LogP) is 2.27. The number of carbonyl (C=O) groups is 2. The molecule has 0 aliphatic carbocycles. The van der Waals surface area contributed by atoms with Crippen molar-refractivity contribution < 1.29 is 14.3 Å². The number of aldehydes is 1. The Labute approximate surface area is 123 Å². The van der Waals surface area contributed by atoms with Gasteiger partial charge in [0.2, 0.25) is 0 Å². The van der Waals surface area contributed by atoms with Gasteiger partial charge < -0.3 is 14.8 Å². The van der Waals surface area contributed by atoms with Crippen LogP contribution in [0, 0.1) is 0 Å². The summed E-state index contributed by atoms with van der Waals surface area (Å²) in [6.07, 6.45) is 3.38. The number of hydrogen-bond acceptors (Lipinski definition) is 4. The smallest absolute Gasteiger partial charge is 0.408 e. The number of pyridine rings is 1. The molecule has 6 heteroatoms. The first-order valence-corrected chi connectivity index (χ1v) is 6.65. The van der Waals surface area contributed by atoms with E-state index in [1.807, 2.05) is 18.2 Å². The average molecular weight is 289 g/mol. The molecule has 6 nitrogen and oxygen atoms in total. The van der Waals surface area contributed by atoms with Gasteiger partial charge in [-0.2, -0.15) is 5.10 Å². The maximum atomic E-state index is 11.9. The van der Waals surface area contributed by atoms with Gasteiger partial charge in [0.05, 0.1) is 11.7 Å². The van der Waals surface area contributed by atoms with Gasteiger partial charge in [0.1, 0.15) is 17.4 Å². The van der Waals surface area contributed by atoms with Gasteiger partial charge in [-0.15, -0.1) is 0 Å². The summed E-state index contributed by atoms with van der Waals surface area (Å²) in [6.45, 7) is 6.91. The van der Waals surface area contributed by atoms with Crippen molar-refractivity contribution in [3.05, 3.63) is 36.2 Å². The Morgan fingerprint density at radius 2 is 2.05 bits per heavy atom. The van der Waals surface area contributed by atoms with Crippen LogP contribution in [0.15, 0.2) is 30.6 Å². The fourth-order valence-corrected chi connectivity index (χ4v) is 2.01. The molecule has 2 heterocycles. The highest BCUT2D eigenvalue weighted by molar-refractivity contribution is 5.80. The van der Waals surface area contributed by atoms with Crippen molar-refractivity contribution in [3.8, 4) is 0 Å². The van der Waals surface area contributed by atoms with Crippen LogP contribution in [0.2, 0.25) is 0 Å². The highest BCUT2D eigenvalue weighted by Gasteiger charge is 2.33. The van der Waals surface area contributed by atoms with Crippen LogP contribution in [-0.4, -0.2) is 27.6 Å². The van der Waals surface area contributed by atoms with E-state index in [4.69, 9.17) is 4.74 Å². The van der Waals surface area contributed by atoms with Crippen molar-refractivity contribution >= 4 is 17.9 Å². The highest BCUT2D eigenvalue weighted by Crippen LogP contribution is 2.24. The van der Waals surface area contributed by atoms with Gasteiger partial charge in [-0.05, 0) is 39.8 Å². The van der Waals surface area contributed by atoms with Gasteiger partial charge in [0, 0.05) is 11.8 Å². The topological polar surface area (TPSA) is 72.7 Å². The number of hydrogen-bond donors (Lipinski definition) is 1. The number of rotatable bonds is 3. The number of carbonyl (C=O) groups excluding carboxylic acids is 2. The Balaban J connectivity index is 2.33. The van der Waals surface area contributed by atoms with Crippen molar-refractivity contribution in [2.24, 2.45) is 0 Å². The lowest BCUT2D eigenvalue weighted by Crippen LogP contribution is -2.46. The van der Waals surface area contributed by atoms with E-state index in [1.54, 1.807) is 44.6 Å². The minimum atomic E-state index is -1.20. The molecule has 1 unspecified atom stereocenters. The fraction of sp³-hybridized carbons (Fsp3) is 0.400. The van der Waals surface area contributed by atoms with E-state index in [-0.39, 0.29) is 0 Å². The average Bonchev–Trinajstić information content (AvgIpc) is 2.80. The number of nitrogens with one attached hydrogen (secondary N) is 1. The number of aromatic nitrogens is 2. The molecule has 0 aliphatic rings. The molecule has 0 aliphatic heterocycles. The van der Waals surface area contributed by atoms with Crippen molar-refractivity contribution in [3.63, 3.8) is 0 Å². The summed E-state index contributed by atoms with van der Waals surface area (Å²) in [4.78, 5) is 23.5. The van der Waals surface area contributed by atoms with Crippen LogP contribution >= 0.6 is 0 Å². The van der Waals surface area contributed by atoms with Gasteiger partial charge in [-0.1, -0.05) is 6.07 Å². The fourth-order valence-electron chi connectivity index (χ4n) is 2.01. The van der Waals surface area contributed by atoms with E-state index in [2.05, 4.69) is 10.4 Å². The van der Waals surface area contributed by atoms with Gasteiger partial charge in [-0.3, -0.25) is 0 Å². The lowest BCUT2D eigenvalue weighted by atomic mass is 9.95. The summed E-state index contributed by atoms with van der Waals surface area (Å²) < 4.78 is 6.86. The third-order valence-electron chi connectivity index (χ3n) is 2.98. The normalized spacial score (nSPS) is 14.5. The second-order valence-electron chi connectivity index (χ2n) is 6.04. The SMILES string of the molecule is CC(C)(C)OC(=O)NC(C)(C=O)c1cnn2ccccc12. The number of nitrogens with zero attached hydrogens (tertiary/aromatic N) is 2. The molecule has 1 N–H and O–H groups in total. The first kappa shape index (κ1) is 15.0. The molecule has 0 radical (unpaired) electrons. The molecule has 2 aromatic heterocycles. The Bertz CT molecular complexity index is 672. The molecular weight excluding hydrogens is 270 g/mol. The second-order valence-corrected chi connectivity index (χ2v) is 6.04. The van der Waals surface area contributed by atoms with E-state index in [9.17, 15) is 9.59 Å². The minimum Gasteiger partial charge on any atom is -0.444 e. The summed E-state index contributed by atoms with van der Waals surface area (Å²) in [6, 6.07) is 5.52. The lowest BCUT2D eigenvalue weighted by Gasteiger charge is -2.27. The summed E-state index contributed by atoms with van der Waals surface area (Å²) in [5, 5.41) is 6.79. The van der Waals surface area contributed by atoms with E-state index < -0.39 is 17.2 Å². The molecule has 0 fully saturated rings. The van der Waals surface area contributed by atoms with Crippen molar-refractivity contribution in [2.75, 3.05) is 0 Å². The van der Waals surface area contributed by atoms with E-state index in [0.717, 1.165) is 5.52 Å². The zero-order chi connectivity index (χ0) is 15.7. The van der Waals surface area contributed by atoms with Crippen LogP contribution in [0.3, 0.4) is 0 Å². The van der Waals surface area contributed by atoms with Crippen LogP contribution < -0.4 is 5.32 Å². The van der Waals surface area contributed by atoms with Gasteiger partial charge in [0.25, 0.3) is 0 Å². The molecule has 0 aromatic carbocycles. The molecular formula is C15H19N3O3. The summed E-state index contributed by atoms with van der Waals surface area (Å²) in [5.74, 6) is 0. The van der Waals surface area contributed by atoms with E-state index >= 15 is 0 Å². The third kappa shape index (κ3) is 3.21. The molecule has 21 heavy (non-hydrogen) atoms. The van der Waals surface area contributed by atoms with Crippen LogP contribution in [-0.2, 0) is 15.1 Å². The molecule has 0 bridgehead atoms. The highest BCUT2D eigenvalue weighted by atomic mass is 16.6. The van der Waals surface area contributed by atoms with Crippen LogP contribution in [0.1, 0.15) is 33.3 Å². The number of amides is 1. The summed E-state index contributed by atoms with van der Waals surface area (Å²) in [5.41, 5.74) is -0.465. The van der Waals surface area contributed by atoms with Gasteiger partial charge in [0.15, 0.2) is 0 Å². The number of fused-ring (bicyclic) bond motifs is 1. The molecule has 1 atom stereocenters. The predicted molar refractivity (Wildman–Crippen MR) is 78.0 cm³/mol. The van der Waals surface area contributed by atoms with E-state index in [1.165, 1.54) is 0 Å². The first-order valence-electron chi connectivity index (χ1n) is 6.65. The Hall–Kier alpha value is -2.37. The van der Waals surface area contributed by atoms with Gasteiger partial charge >= 0.3 is 6.09 Å². The van der Waals surface area contributed by atoms with Crippen molar-refractivity contribution in [2.45, 2.75) is 38.8 Å². The maximum Gasteiger partial charge on any atom is 0.408 e. The Morgan fingerprint density at radius 1 is 1.33 bits per heavy atom. The maximum absolute atomic E-state index is 11.9. The molecule has 1 amide bonds. The summed E-state index contributed by atoms with van der Waals surface area (Å²) >= 11 is 0. The Kier molecular flexibility index (Phi) is 3.72. The molecule has 112 valence electrons. The Morgan fingerprint density at radius 3 is 2.67 bits per heavy atom. The third-order valence-corrected chi connectivity index (χ3v) is 2.98. The van der Waals surface area contributed by atoms with E-state index in [0.29, 0.717) is 11.8 Å². The zero-order valence-electron chi connectivity index (χ0n) is 12.6. The molecule has 0 spiro atoms. The van der Waals surface area contributed by atoms with Crippen LogP contribution in [0.4, 0.5) is 4.79 Å². The van der Waals surface area contributed by atoms with Crippen LogP contribution in [0.25, 0.3) is 5.52 Å². The van der Waals surface area contributed by atoms with Crippen LogP contribution in [0.5, 0.6) is 0 Å². The largest absolute Gasteiger partial charge is 0.444 e. The molecule has 0 saturated carbocycles. The quantitative estimate of drug-likeness (QED) is 0.880. The standard InChI is InChI=1S/C15H19N3O3/c1-14(2,3)21-13(20)17-15(4,10-19)11-9-16-18-8-6-5-7-12(11)18/h5-10H,1-4H3,(H,17,20). The number of alkyl carbamates (subject to hydrolysis) is 1. The van der Waals surface area contributed by atoms with Gasteiger partial charge in [-0.25, -0.2) is 9.31 Å². The molecule has 2 aromatic rings. The second kappa shape index (κ2) is 5.20. The first-order chi connectivity index (χ1) is 9.75. The monoisotopic (exact) mass is 289 g/mol. The minimum absolute atomic E-state index is 0.615. The zero-order valence-corrected chi connectivity index (χ0v) is 12.6.